The van der Waals surface area contributed by atoms with Crippen molar-refractivity contribution in [3.8, 4) is 22.3 Å². The second-order valence-electron chi connectivity index (χ2n) is 47.8. The number of anilines is 14. The zero-order valence-electron chi connectivity index (χ0n) is 89.1. The summed E-state index contributed by atoms with van der Waals surface area (Å²) in [5.41, 5.74) is 44.2. The fraction of sp³-hybridized carbons (Fsp3) is 0.333. The van der Waals surface area contributed by atoms with Crippen molar-refractivity contribution in [1.29, 1.82) is 0 Å². The van der Waals surface area contributed by atoms with Crippen LogP contribution in [0, 0.1) is 27.7 Å². The Hall–Kier alpha value is -11.4. The predicted octanol–water partition coefficient (Wildman–Crippen LogP) is 40.4. The van der Waals surface area contributed by atoms with E-state index in [1.807, 2.05) is 30.4 Å². The molecule has 10 heteroatoms. The van der Waals surface area contributed by atoms with Crippen LogP contribution in [0.25, 0.3) is 42.4 Å². The van der Waals surface area contributed by atoms with Crippen molar-refractivity contribution in [3.63, 3.8) is 0 Å². The summed E-state index contributed by atoms with van der Waals surface area (Å²) in [6, 6.07) is 113. The van der Waals surface area contributed by atoms with E-state index >= 15 is 0 Å². The van der Waals surface area contributed by atoms with Crippen LogP contribution in [-0.2, 0) is 43.3 Å². The van der Waals surface area contributed by atoms with Crippen LogP contribution in [0.3, 0.4) is 0 Å². The van der Waals surface area contributed by atoms with Gasteiger partial charge in [0, 0.05) is 125 Å². The summed E-state index contributed by atoms with van der Waals surface area (Å²) in [5, 5.41) is 7.88. The molecule has 0 radical (unpaired) electrons. The number of nitrogens with two attached hydrogens (primary N) is 1. The van der Waals surface area contributed by atoms with E-state index in [2.05, 4.69) is 515 Å². The van der Waals surface area contributed by atoms with Gasteiger partial charge in [0.25, 0.3) is 0 Å². The first-order valence-corrected chi connectivity index (χ1v) is 54.3. The molecule has 6 nitrogen and oxygen atoms in total. The van der Waals surface area contributed by atoms with Crippen molar-refractivity contribution >= 4 is 150 Å². The highest BCUT2D eigenvalue weighted by Crippen LogP contribution is 2.64. The summed E-state index contributed by atoms with van der Waals surface area (Å²) in [6.07, 6.45) is 9.82. The Balaban J connectivity index is 0.000000157. The molecule has 0 bridgehead atoms. The largest absolute Gasteiger partial charge is 0.399 e. The Morgan fingerprint density at radius 2 is 0.669 bits per heavy atom. The summed E-state index contributed by atoms with van der Waals surface area (Å²) < 4.78 is 3.70. The topological polar surface area (TPSA) is 42.2 Å². The van der Waals surface area contributed by atoms with E-state index in [-0.39, 0.29) is 54.4 Å². The van der Waals surface area contributed by atoms with E-state index in [0.29, 0.717) is 0 Å². The Morgan fingerprint density at radius 1 is 0.310 bits per heavy atom. The van der Waals surface area contributed by atoms with Crippen LogP contribution < -0.4 is 30.2 Å². The molecule has 0 spiro atoms. The molecule has 2 N–H and O–H groups in total. The maximum Gasteiger partial charge on any atom is 0.0647 e. The molecule has 142 heavy (non-hydrogen) atoms. The summed E-state index contributed by atoms with van der Waals surface area (Å²) in [7, 11) is 0. The van der Waals surface area contributed by atoms with E-state index in [0.717, 1.165) is 38.7 Å². The smallest absolute Gasteiger partial charge is 0.0647 e. The molecule has 14 aromatic carbocycles. The van der Waals surface area contributed by atoms with Crippen LogP contribution >= 0.6 is 50.2 Å². The third-order valence-corrected chi connectivity index (χ3v) is 34.5. The summed E-state index contributed by atoms with van der Waals surface area (Å²) in [4.78, 5) is 12.7. The zero-order chi connectivity index (χ0) is 102. The first-order chi connectivity index (χ1) is 67.0. The maximum absolute atomic E-state index is 6.49. The van der Waals surface area contributed by atoms with Crippen molar-refractivity contribution in [2.24, 2.45) is 0 Å². The number of rotatable bonds is 13. The second-order valence-corrected chi connectivity index (χ2v) is 51.0. The number of thiophene rings is 2. The molecule has 0 amide bonds. The van der Waals surface area contributed by atoms with Gasteiger partial charge in [-0.2, -0.15) is 0 Å². The normalized spacial score (nSPS) is 17.9. The van der Waals surface area contributed by atoms with Crippen LogP contribution in [0.15, 0.2) is 319 Å². The number of benzene rings is 14. The van der Waals surface area contributed by atoms with Crippen LogP contribution in [0.1, 0.15) is 270 Å². The van der Waals surface area contributed by atoms with E-state index in [1.165, 1.54) is 211 Å². The number of aryl methyl sites for hydroxylation is 4. The molecule has 2 aromatic heterocycles. The molecule has 2 fully saturated rings. The van der Waals surface area contributed by atoms with Crippen molar-refractivity contribution in [1.82, 2.24) is 0 Å². The lowest BCUT2D eigenvalue weighted by molar-refractivity contribution is 0.195. The van der Waals surface area contributed by atoms with Gasteiger partial charge in [-0.1, -0.05) is 327 Å². The maximum atomic E-state index is 6.49. The SMILES string of the molecule is CC(C)(C)c1ccc(N(c2ccc(C(C)(C)C)cc2)c2ccc3c(Br)csc3c2)cc1.Cc1cc(C(C)(C)C)ccc1N.Cc1cc(Cl)cc(N2c3ccc(-c4ccccc4)cc3C3(C)CCCCC23C)c1.Cc1cc(N(c2ccc(C(C)(C)C)cc2C)c2csc3cc(N(c4ccc(C(C)(C)C)cc4)c4ccc(C(C)(C)C)cc4)ccc23)cc(N2c3ccc(-c4ccccc4)cc3C3(C)CCCCC23C)c1. The average Bonchev–Trinajstić information content (AvgIpc) is 1.52. The highest BCUT2D eigenvalue weighted by atomic mass is 79.9. The Morgan fingerprint density at radius 3 is 1.07 bits per heavy atom. The summed E-state index contributed by atoms with van der Waals surface area (Å²) >= 11 is 13.8. The van der Waals surface area contributed by atoms with Gasteiger partial charge in [-0.05, 0) is 356 Å². The molecule has 16 aromatic rings. The molecule has 0 saturated heterocycles. The third-order valence-electron chi connectivity index (χ3n) is 31.5. The lowest BCUT2D eigenvalue weighted by atomic mass is 9.61. The highest BCUT2D eigenvalue weighted by Gasteiger charge is 2.59. The summed E-state index contributed by atoms with van der Waals surface area (Å²) in [6.45, 7) is 59.6. The first-order valence-electron chi connectivity index (χ1n) is 51.4. The predicted molar refractivity (Wildman–Crippen MR) is 625 cm³/mol. The molecule has 2 saturated carbocycles. The number of hydrogen-bond donors (Lipinski definition) is 1. The van der Waals surface area contributed by atoms with Gasteiger partial charge in [0.15, 0.2) is 0 Å². The Labute approximate surface area is 871 Å². The fourth-order valence-corrected chi connectivity index (χ4v) is 25.3. The van der Waals surface area contributed by atoms with Crippen LogP contribution in [-0.4, -0.2) is 11.1 Å². The van der Waals surface area contributed by atoms with Crippen molar-refractivity contribution < 1.29 is 0 Å². The monoisotopic (exact) mass is 2000 g/mol. The van der Waals surface area contributed by atoms with Gasteiger partial charge in [0.05, 0.1) is 16.8 Å². The number of nitrogens with zero attached hydrogens (tertiary/aromatic N) is 5. The van der Waals surface area contributed by atoms with Crippen molar-refractivity contribution in [2.75, 3.05) is 30.2 Å². The van der Waals surface area contributed by atoms with Gasteiger partial charge < -0.3 is 30.2 Å². The van der Waals surface area contributed by atoms with E-state index in [9.17, 15) is 0 Å². The Kier molecular flexibility index (Phi) is 28.2. The van der Waals surface area contributed by atoms with Gasteiger partial charge >= 0.3 is 0 Å². The van der Waals surface area contributed by atoms with Crippen molar-refractivity contribution in [2.45, 2.75) is 286 Å². The minimum Gasteiger partial charge on any atom is -0.399 e. The van der Waals surface area contributed by atoms with Crippen LogP contribution in [0.5, 0.6) is 0 Å². The average molecular weight is 2000 g/mol. The van der Waals surface area contributed by atoms with Crippen LogP contribution in [0.2, 0.25) is 5.02 Å². The number of hydrogen-bond acceptors (Lipinski definition) is 8. The van der Waals surface area contributed by atoms with Gasteiger partial charge in [-0.15, -0.1) is 22.7 Å². The van der Waals surface area contributed by atoms with Crippen molar-refractivity contribution in [3.05, 3.63) is 390 Å². The lowest BCUT2D eigenvalue weighted by Gasteiger charge is -2.50. The van der Waals surface area contributed by atoms with E-state index in [1.54, 1.807) is 11.3 Å². The van der Waals surface area contributed by atoms with Gasteiger partial charge in [0.1, 0.15) is 0 Å². The fourth-order valence-electron chi connectivity index (χ4n) is 22.4. The molecule has 2 aliphatic heterocycles. The number of nitrogen functional groups attached to an aromatic ring is 1. The minimum absolute atomic E-state index is 0.00670. The van der Waals surface area contributed by atoms with Gasteiger partial charge in [-0.25, -0.2) is 0 Å². The number of fused-ring (bicyclic) bond motifs is 8. The summed E-state index contributed by atoms with van der Waals surface area (Å²) in [5.74, 6) is 0. The van der Waals surface area contributed by atoms with E-state index in [4.69, 9.17) is 17.3 Å². The van der Waals surface area contributed by atoms with Gasteiger partial charge in [0.2, 0.25) is 0 Å². The molecule has 732 valence electrons. The molecule has 4 aliphatic rings. The molecular weight excluding hydrogens is 1850 g/mol. The first kappa shape index (κ1) is 102. The molecule has 2 aliphatic carbocycles. The molecule has 4 unspecified atom stereocenters. The van der Waals surface area contributed by atoms with Crippen LogP contribution in [0.4, 0.5) is 79.6 Å². The zero-order valence-corrected chi connectivity index (χ0v) is 93.0. The van der Waals surface area contributed by atoms with E-state index < -0.39 is 0 Å². The Bertz CT molecular complexity index is 7120. The molecular formula is C132H148BrClN6S2. The van der Waals surface area contributed by atoms with Gasteiger partial charge in [-0.3, -0.25) is 0 Å². The number of halogens is 2. The highest BCUT2D eigenvalue weighted by molar-refractivity contribution is 9.10. The third kappa shape index (κ3) is 20.4. The molecule has 4 atom stereocenters. The lowest BCUT2D eigenvalue weighted by Crippen LogP contribution is -2.54. The minimum atomic E-state index is -0.0828. The quantitative estimate of drug-likeness (QED) is 0.116. The molecule has 4 heterocycles. The molecule has 20 rings (SSSR count). The standard InChI is InChI=1S/C66H73N3S.C28H30BrNS.C27H28ClN.C11H17N/c1-44-37-54(41-55(38-44)69-59-33-21-47(46-19-15-14-16-20-46)40-57(59)65(12)35-17-18-36-66(65,69)13)68(58-34-26-50(39-45(58)2)64(9,10)11)60-43-70-61-42-53(31-32-56(60)61)67(51-27-22-48(23-28-51)62(3,4)5)52-29-24-49(25-30-52)63(6,7)8;1-27(2,3)19-7-11-21(12-8-19)30(22-13-9-20(10-14-22)28(4,5)6)23-15-16-24-25(29)18-31-26(24)17-23;1-19-15-22(28)18-23(16-19)29-25-12-11-21(20-9-5-4-6-10-20)17-24(25)26(2)13-7-8-14-27(26,29)3;1-8-7-9(11(2,3)4)5-6-10(8)12/h14-16,19-34,37-43H,17-18,35-36H2,1-13H3;7-18H,1-6H3;4-6,9-12,15-18H,7-8,13-14H2,1-3H3;5-7H,12H2,1-4H3. The second kappa shape index (κ2) is 39.3.